The highest BCUT2D eigenvalue weighted by atomic mass is 32.2. The molecular weight excluding hydrogens is 474 g/mol. The first kappa shape index (κ1) is 22.9. The standard InChI is InChI=1S/C28H25N3O4S/c1-16-12-17(2)25-21(13-16)28(27(33)29-25)24(26(32)19-6-4-3-5-7-19)23(22-14-36-15-30(22)28)18-8-10-20(11-9-18)31(34)35/h3-13,22-24H,14-15H2,1-2H3,(H,29,33). The lowest BCUT2D eigenvalue weighted by Gasteiger charge is -2.36. The van der Waals surface area contributed by atoms with E-state index in [0.29, 0.717) is 11.4 Å². The van der Waals surface area contributed by atoms with E-state index in [1.807, 2.05) is 44.2 Å². The highest BCUT2D eigenvalue weighted by Gasteiger charge is 2.69. The third-order valence-corrected chi connectivity index (χ3v) is 8.94. The van der Waals surface area contributed by atoms with Gasteiger partial charge >= 0.3 is 0 Å². The lowest BCUT2D eigenvalue weighted by Crippen LogP contribution is -2.52. The van der Waals surface area contributed by atoms with Crippen molar-refractivity contribution in [2.75, 3.05) is 16.9 Å². The van der Waals surface area contributed by atoms with E-state index >= 15 is 0 Å². The summed E-state index contributed by atoms with van der Waals surface area (Å²) in [7, 11) is 0. The van der Waals surface area contributed by atoms with Crippen molar-refractivity contribution in [3.63, 3.8) is 0 Å². The Morgan fingerprint density at radius 3 is 2.53 bits per heavy atom. The van der Waals surface area contributed by atoms with Crippen molar-refractivity contribution in [3.05, 3.63) is 105 Å². The topological polar surface area (TPSA) is 92.5 Å². The van der Waals surface area contributed by atoms with E-state index in [4.69, 9.17) is 0 Å². The molecule has 0 radical (unpaired) electrons. The number of fused-ring (bicyclic) bond motifs is 4. The van der Waals surface area contributed by atoms with Crippen LogP contribution in [0.5, 0.6) is 0 Å². The highest BCUT2D eigenvalue weighted by Crippen LogP contribution is 2.61. The van der Waals surface area contributed by atoms with Crippen LogP contribution in [-0.2, 0) is 10.3 Å². The highest BCUT2D eigenvalue weighted by molar-refractivity contribution is 7.99. The number of Topliss-reactive ketones (excluding diaryl/α,β-unsaturated/α-hetero) is 1. The summed E-state index contributed by atoms with van der Waals surface area (Å²) in [5.41, 5.74) is 3.92. The summed E-state index contributed by atoms with van der Waals surface area (Å²) < 4.78 is 0. The van der Waals surface area contributed by atoms with Crippen LogP contribution < -0.4 is 5.32 Å². The average molecular weight is 500 g/mol. The monoisotopic (exact) mass is 499 g/mol. The van der Waals surface area contributed by atoms with E-state index in [9.17, 15) is 19.7 Å². The number of anilines is 1. The van der Waals surface area contributed by atoms with Gasteiger partial charge in [-0.2, -0.15) is 0 Å². The predicted octanol–water partition coefficient (Wildman–Crippen LogP) is 5.03. The van der Waals surface area contributed by atoms with Crippen LogP contribution in [0.2, 0.25) is 0 Å². The minimum atomic E-state index is -1.15. The Labute approximate surface area is 213 Å². The number of nitrogens with one attached hydrogen (secondary N) is 1. The number of aryl methyl sites for hydroxylation is 2. The number of non-ortho nitro benzene ring substituents is 1. The molecule has 0 aromatic heterocycles. The number of carbonyl (C=O) groups is 2. The predicted molar refractivity (Wildman–Crippen MR) is 139 cm³/mol. The van der Waals surface area contributed by atoms with Crippen LogP contribution in [0.25, 0.3) is 0 Å². The number of rotatable bonds is 4. The van der Waals surface area contributed by atoms with Crippen molar-refractivity contribution in [2.24, 2.45) is 5.92 Å². The number of carbonyl (C=O) groups excluding carboxylic acids is 2. The van der Waals surface area contributed by atoms with Gasteiger partial charge in [0.1, 0.15) is 5.54 Å². The molecule has 3 aliphatic rings. The molecule has 0 bridgehead atoms. The maximum absolute atomic E-state index is 14.4. The van der Waals surface area contributed by atoms with Crippen molar-refractivity contribution in [2.45, 2.75) is 31.3 Å². The van der Waals surface area contributed by atoms with E-state index in [-0.39, 0.29) is 29.3 Å². The molecule has 1 amide bonds. The number of hydrogen-bond acceptors (Lipinski definition) is 6. The zero-order chi connectivity index (χ0) is 25.2. The maximum atomic E-state index is 14.4. The largest absolute Gasteiger partial charge is 0.324 e. The Bertz CT molecular complexity index is 1410. The number of nitro groups is 1. The molecule has 1 spiro atoms. The lowest BCUT2D eigenvalue weighted by atomic mass is 9.69. The van der Waals surface area contributed by atoms with Crippen molar-refractivity contribution in [3.8, 4) is 0 Å². The Kier molecular flexibility index (Phi) is 5.28. The van der Waals surface area contributed by atoms with Gasteiger partial charge in [0, 0.05) is 52.5 Å². The van der Waals surface area contributed by atoms with Crippen molar-refractivity contribution in [1.29, 1.82) is 0 Å². The van der Waals surface area contributed by atoms with Crippen LogP contribution in [0.1, 0.15) is 38.5 Å². The zero-order valence-electron chi connectivity index (χ0n) is 19.9. The van der Waals surface area contributed by atoms with Gasteiger partial charge in [-0.3, -0.25) is 24.6 Å². The first-order valence-corrected chi connectivity index (χ1v) is 13.1. The molecule has 2 fully saturated rings. The van der Waals surface area contributed by atoms with Gasteiger partial charge in [-0.05, 0) is 25.0 Å². The summed E-state index contributed by atoms with van der Waals surface area (Å²) in [6, 6.07) is 19.7. The first-order valence-electron chi connectivity index (χ1n) is 12.0. The molecule has 2 saturated heterocycles. The number of nitro benzene ring substituents is 1. The van der Waals surface area contributed by atoms with E-state index in [0.717, 1.165) is 33.7 Å². The minimum absolute atomic E-state index is 0.00486. The van der Waals surface area contributed by atoms with Crippen LogP contribution >= 0.6 is 11.8 Å². The van der Waals surface area contributed by atoms with Crippen LogP contribution in [-0.4, -0.2) is 39.2 Å². The van der Waals surface area contributed by atoms with E-state index in [2.05, 4.69) is 10.2 Å². The van der Waals surface area contributed by atoms with Gasteiger partial charge in [-0.1, -0.05) is 60.2 Å². The minimum Gasteiger partial charge on any atom is -0.324 e. The molecule has 36 heavy (non-hydrogen) atoms. The Hall–Kier alpha value is -3.49. The number of ketones is 1. The number of benzene rings is 3. The Balaban J connectivity index is 1.62. The fourth-order valence-corrected chi connectivity index (χ4v) is 7.83. The molecule has 3 aliphatic heterocycles. The second-order valence-corrected chi connectivity index (χ2v) is 10.8. The van der Waals surface area contributed by atoms with Gasteiger partial charge in [0.25, 0.3) is 5.69 Å². The summed E-state index contributed by atoms with van der Waals surface area (Å²) in [4.78, 5) is 41.6. The summed E-state index contributed by atoms with van der Waals surface area (Å²) in [6.45, 7) is 3.99. The smallest absolute Gasteiger partial charge is 0.269 e. The molecule has 182 valence electrons. The van der Waals surface area contributed by atoms with Gasteiger partial charge in [-0.25, -0.2) is 0 Å². The molecule has 0 aliphatic carbocycles. The van der Waals surface area contributed by atoms with Gasteiger partial charge in [0.15, 0.2) is 5.78 Å². The zero-order valence-corrected chi connectivity index (χ0v) is 20.7. The van der Waals surface area contributed by atoms with E-state index in [1.165, 1.54) is 12.1 Å². The Morgan fingerprint density at radius 1 is 1.11 bits per heavy atom. The van der Waals surface area contributed by atoms with Gasteiger partial charge in [-0.15, -0.1) is 11.8 Å². The molecular formula is C28H25N3O4S. The maximum Gasteiger partial charge on any atom is 0.269 e. The van der Waals surface area contributed by atoms with Crippen molar-refractivity contribution in [1.82, 2.24) is 4.90 Å². The van der Waals surface area contributed by atoms with Crippen LogP contribution in [0, 0.1) is 29.9 Å². The molecule has 6 rings (SSSR count). The van der Waals surface area contributed by atoms with Crippen LogP contribution in [0.15, 0.2) is 66.7 Å². The first-order chi connectivity index (χ1) is 17.3. The van der Waals surface area contributed by atoms with Crippen LogP contribution in [0.4, 0.5) is 11.4 Å². The van der Waals surface area contributed by atoms with Gasteiger partial charge in [0.05, 0.1) is 10.8 Å². The van der Waals surface area contributed by atoms with E-state index in [1.54, 1.807) is 36.0 Å². The molecule has 4 atom stereocenters. The fraction of sp³-hybridized carbons (Fsp3) is 0.286. The third-order valence-electron chi connectivity index (χ3n) is 7.90. The number of amides is 1. The number of nitrogens with zero attached hydrogens (tertiary/aromatic N) is 2. The van der Waals surface area contributed by atoms with Gasteiger partial charge in [0.2, 0.25) is 5.91 Å². The van der Waals surface area contributed by atoms with E-state index < -0.39 is 16.4 Å². The van der Waals surface area contributed by atoms with Gasteiger partial charge < -0.3 is 5.32 Å². The average Bonchev–Trinajstić information content (AvgIpc) is 3.53. The summed E-state index contributed by atoms with van der Waals surface area (Å²) in [5, 5.41) is 14.4. The molecule has 0 saturated carbocycles. The molecule has 4 unspecified atom stereocenters. The summed E-state index contributed by atoms with van der Waals surface area (Å²) in [5.74, 6) is 0.167. The van der Waals surface area contributed by atoms with Crippen molar-refractivity contribution < 1.29 is 14.5 Å². The SMILES string of the molecule is Cc1cc(C)c2c(c1)C1(C(=O)N2)C(C(=O)c2ccccc2)C(c2ccc([N+](=O)[O-])cc2)C2CSCN21. The molecule has 1 N–H and O–H groups in total. The molecule has 3 aromatic rings. The third kappa shape index (κ3) is 3.10. The number of hydrogen-bond donors (Lipinski definition) is 1. The molecule has 7 nitrogen and oxygen atoms in total. The molecule has 3 aromatic carbocycles. The molecule has 8 heteroatoms. The van der Waals surface area contributed by atoms with Crippen molar-refractivity contribution >= 4 is 34.8 Å². The second-order valence-electron chi connectivity index (χ2n) is 9.84. The Morgan fingerprint density at radius 2 is 1.83 bits per heavy atom. The lowest BCUT2D eigenvalue weighted by molar-refractivity contribution is -0.384. The van der Waals surface area contributed by atoms with Crippen LogP contribution in [0.3, 0.4) is 0 Å². The summed E-state index contributed by atoms with van der Waals surface area (Å²) >= 11 is 1.75. The number of thioether (sulfide) groups is 1. The quantitative estimate of drug-likeness (QED) is 0.308. The molecule has 3 heterocycles. The second kappa shape index (κ2) is 8.28. The fourth-order valence-electron chi connectivity index (χ4n) is 6.51. The summed E-state index contributed by atoms with van der Waals surface area (Å²) in [6.07, 6.45) is 0. The normalized spacial score (nSPS) is 26.6.